The van der Waals surface area contributed by atoms with Crippen LogP contribution in [-0.2, 0) is 0 Å². The van der Waals surface area contributed by atoms with E-state index in [1.807, 2.05) is 24.4 Å². The summed E-state index contributed by atoms with van der Waals surface area (Å²) in [6.07, 6.45) is -0.389. The second kappa shape index (κ2) is 3.85. The molecule has 1 rings (SSSR count). The number of nitrogens with two attached hydrogens (primary N) is 1. The predicted octanol–water partition coefficient (Wildman–Crippen LogP) is 1.38. The van der Waals surface area contributed by atoms with E-state index in [0.29, 0.717) is 6.54 Å². The topological polar surface area (TPSA) is 46.2 Å². The molecule has 0 radical (unpaired) electrons. The molecule has 2 unspecified atom stereocenters. The van der Waals surface area contributed by atoms with E-state index in [2.05, 4.69) is 0 Å². The van der Waals surface area contributed by atoms with E-state index in [9.17, 15) is 5.11 Å². The maximum absolute atomic E-state index is 9.61. The van der Waals surface area contributed by atoms with Crippen molar-refractivity contribution in [2.75, 3.05) is 6.54 Å². The van der Waals surface area contributed by atoms with Crippen molar-refractivity contribution >= 4 is 11.3 Å². The van der Waals surface area contributed by atoms with E-state index in [4.69, 9.17) is 5.73 Å². The van der Waals surface area contributed by atoms with Gasteiger partial charge in [0.1, 0.15) is 0 Å². The first kappa shape index (κ1) is 8.71. The van der Waals surface area contributed by atoms with Gasteiger partial charge in [0.05, 0.1) is 6.10 Å². The molecule has 3 N–H and O–H groups in total. The molecule has 0 saturated heterocycles. The molecule has 62 valence electrons. The molecule has 0 aliphatic carbocycles. The van der Waals surface area contributed by atoms with E-state index in [0.717, 1.165) is 4.88 Å². The summed E-state index contributed by atoms with van der Waals surface area (Å²) in [4.78, 5) is 1.00. The Balaban J connectivity index is 2.62. The maximum atomic E-state index is 9.61. The Hall–Kier alpha value is -0.380. The number of hydrogen-bond donors (Lipinski definition) is 2. The molecule has 0 aliphatic heterocycles. The van der Waals surface area contributed by atoms with Gasteiger partial charge in [-0.3, -0.25) is 0 Å². The monoisotopic (exact) mass is 171 g/mol. The van der Waals surface area contributed by atoms with Gasteiger partial charge in [0.15, 0.2) is 0 Å². The minimum atomic E-state index is -0.389. The standard InChI is InChI=1S/C8H13NOS/c1-6(5-9)8(10)7-3-2-4-11-7/h2-4,6,8,10H,5,9H2,1H3. The highest BCUT2D eigenvalue weighted by Crippen LogP contribution is 2.24. The van der Waals surface area contributed by atoms with Crippen molar-refractivity contribution in [2.24, 2.45) is 11.7 Å². The zero-order chi connectivity index (χ0) is 8.27. The summed E-state index contributed by atoms with van der Waals surface area (Å²) in [6, 6.07) is 3.87. The van der Waals surface area contributed by atoms with Crippen molar-refractivity contribution in [3.63, 3.8) is 0 Å². The Morgan fingerprint density at radius 2 is 2.45 bits per heavy atom. The van der Waals surface area contributed by atoms with Crippen molar-refractivity contribution in [1.29, 1.82) is 0 Å². The van der Waals surface area contributed by atoms with Crippen LogP contribution in [0.25, 0.3) is 0 Å². The molecule has 0 aliphatic rings. The SMILES string of the molecule is CC(CN)C(O)c1cccs1. The van der Waals surface area contributed by atoms with E-state index >= 15 is 0 Å². The van der Waals surface area contributed by atoms with Crippen molar-refractivity contribution in [3.8, 4) is 0 Å². The molecule has 0 bridgehead atoms. The number of aliphatic hydroxyl groups excluding tert-OH is 1. The molecule has 0 saturated carbocycles. The summed E-state index contributed by atoms with van der Waals surface area (Å²) >= 11 is 1.57. The van der Waals surface area contributed by atoms with Crippen LogP contribution >= 0.6 is 11.3 Å². The smallest absolute Gasteiger partial charge is 0.0919 e. The van der Waals surface area contributed by atoms with Gasteiger partial charge < -0.3 is 10.8 Å². The van der Waals surface area contributed by atoms with Gasteiger partial charge in [-0.2, -0.15) is 0 Å². The molecule has 1 aromatic rings. The number of rotatable bonds is 3. The summed E-state index contributed by atoms with van der Waals surface area (Å²) in [5.41, 5.74) is 5.42. The first-order chi connectivity index (χ1) is 5.25. The first-order valence-electron chi connectivity index (χ1n) is 3.67. The van der Waals surface area contributed by atoms with Gasteiger partial charge >= 0.3 is 0 Å². The number of thiophene rings is 1. The molecule has 2 nitrogen and oxygen atoms in total. The molecule has 2 atom stereocenters. The highest BCUT2D eigenvalue weighted by atomic mass is 32.1. The van der Waals surface area contributed by atoms with Gasteiger partial charge in [-0.1, -0.05) is 13.0 Å². The molecule has 11 heavy (non-hydrogen) atoms. The number of hydrogen-bond acceptors (Lipinski definition) is 3. The van der Waals surface area contributed by atoms with Gasteiger partial charge in [-0.25, -0.2) is 0 Å². The Labute approximate surface area is 70.7 Å². The Kier molecular flexibility index (Phi) is 3.05. The van der Waals surface area contributed by atoms with Crippen LogP contribution in [0.4, 0.5) is 0 Å². The lowest BCUT2D eigenvalue weighted by Gasteiger charge is -2.14. The van der Waals surface area contributed by atoms with E-state index in [1.54, 1.807) is 11.3 Å². The lowest BCUT2D eigenvalue weighted by Crippen LogP contribution is -2.17. The van der Waals surface area contributed by atoms with Crippen LogP contribution in [0.2, 0.25) is 0 Å². The highest BCUT2D eigenvalue weighted by Gasteiger charge is 2.14. The summed E-state index contributed by atoms with van der Waals surface area (Å²) in [7, 11) is 0. The van der Waals surface area contributed by atoms with Gasteiger partial charge in [0.25, 0.3) is 0 Å². The molecule has 0 fully saturated rings. The lowest BCUT2D eigenvalue weighted by molar-refractivity contribution is 0.125. The quantitative estimate of drug-likeness (QED) is 0.721. The van der Waals surface area contributed by atoms with Crippen LogP contribution in [0.3, 0.4) is 0 Å². The van der Waals surface area contributed by atoms with E-state index in [-0.39, 0.29) is 12.0 Å². The fourth-order valence-electron chi connectivity index (χ4n) is 0.869. The lowest BCUT2D eigenvalue weighted by atomic mass is 10.0. The Morgan fingerprint density at radius 1 is 1.73 bits per heavy atom. The Bertz CT molecular complexity index is 198. The average molecular weight is 171 g/mol. The second-order valence-corrected chi connectivity index (χ2v) is 3.65. The van der Waals surface area contributed by atoms with Crippen LogP contribution in [0.5, 0.6) is 0 Å². The van der Waals surface area contributed by atoms with Gasteiger partial charge in [0.2, 0.25) is 0 Å². The molecule has 1 aromatic heterocycles. The van der Waals surface area contributed by atoms with Crippen LogP contribution in [-0.4, -0.2) is 11.7 Å². The summed E-state index contributed by atoms with van der Waals surface area (Å²) in [5.74, 6) is 0.147. The van der Waals surface area contributed by atoms with Crippen molar-refractivity contribution < 1.29 is 5.11 Å². The molecule has 0 aromatic carbocycles. The molecule has 1 heterocycles. The van der Waals surface area contributed by atoms with E-state index < -0.39 is 0 Å². The second-order valence-electron chi connectivity index (χ2n) is 2.67. The van der Waals surface area contributed by atoms with Crippen LogP contribution in [0, 0.1) is 5.92 Å². The summed E-state index contributed by atoms with van der Waals surface area (Å²) < 4.78 is 0. The minimum absolute atomic E-state index is 0.147. The first-order valence-corrected chi connectivity index (χ1v) is 4.55. The van der Waals surface area contributed by atoms with E-state index in [1.165, 1.54) is 0 Å². The highest BCUT2D eigenvalue weighted by molar-refractivity contribution is 7.10. The normalized spacial score (nSPS) is 16.3. The molecule has 0 spiro atoms. The number of aliphatic hydroxyl groups is 1. The summed E-state index contributed by atoms with van der Waals surface area (Å²) in [6.45, 7) is 2.48. The largest absolute Gasteiger partial charge is 0.387 e. The third-order valence-corrected chi connectivity index (χ3v) is 2.69. The molecule has 0 amide bonds. The molecule has 3 heteroatoms. The van der Waals surface area contributed by atoms with Crippen molar-refractivity contribution in [1.82, 2.24) is 0 Å². The maximum Gasteiger partial charge on any atom is 0.0919 e. The fourth-order valence-corrected chi connectivity index (χ4v) is 1.71. The zero-order valence-corrected chi connectivity index (χ0v) is 7.34. The molecular weight excluding hydrogens is 158 g/mol. The van der Waals surface area contributed by atoms with Crippen LogP contribution < -0.4 is 5.73 Å². The van der Waals surface area contributed by atoms with Crippen LogP contribution in [0.1, 0.15) is 17.9 Å². The predicted molar refractivity (Wildman–Crippen MR) is 47.5 cm³/mol. The van der Waals surface area contributed by atoms with Crippen molar-refractivity contribution in [2.45, 2.75) is 13.0 Å². The third-order valence-electron chi connectivity index (χ3n) is 1.75. The van der Waals surface area contributed by atoms with Gasteiger partial charge in [-0.05, 0) is 23.9 Å². The van der Waals surface area contributed by atoms with Gasteiger partial charge in [-0.15, -0.1) is 11.3 Å². The average Bonchev–Trinajstić information content (AvgIpc) is 2.53. The fraction of sp³-hybridized carbons (Fsp3) is 0.500. The zero-order valence-electron chi connectivity index (χ0n) is 6.53. The summed E-state index contributed by atoms with van der Waals surface area (Å²) in [5, 5.41) is 11.6. The van der Waals surface area contributed by atoms with Crippen molar-refractivity contribution in [3.05, 3.63) is 22.4 Å². The van der Waals surface area contributed by atoms with Gasteiger partial charge in [0, 0.05) is 4.88 Å². The minimum Gasteiger partial charge on any atom is -0.387 e. The molecular formula is C8H13NOS. The Morgan fingerprint density at radius 3 is 2.91 bits per heavy atom. The van der Waals surface area contributed by atoms with Crippen LogP contribution in [0.15, 0.2) is 17.5 Å². The third kappa shape index (κ3) is 2.02.